The van der Waals surface area contributed by atoms with E-state index in [-0.39, 0.29) is 5.69 Å². The van der Waals surface area contributed by atoms with Gasteiger partial charge in [0.05, 0.1) is 12.8 Å². The second kappa shape index (κ2) is 7.92. The molecule has 8 heteroatoms. The SMILES string of the molecule is COc1cc(Cl)c(C)cc1NC(=O)C(C)(C)C(=O)Nc1ccc(F)c(F)c1. The Bertz CT molecular complexity index is 901. The zero-order valence-electron chi connectivity index (χ0n) is 15.2. The summed E-state index contributed by atoms with van der Waals surface area (Å²) in [6, 6.07) is 6.12. The van der Waals surface area contributed by atoms with Crippen molar-refractivity contribution in [2.45, 2.75) is 20.8 Å². The number of anilines is 2. The highest BCUT2D eigenvalue weighted by Gasteiger charge is 2.36. The molecule has 2 N–H and O–H groups in total. The number of rotatable bonds is 5. The zero-order chi connectivity index (χ0) is 20.4. The quantitative estimate of drug-likeness (QED) is 0.729. The lowest BCUT2D eigenvalue weighted by atomic mass is 9.90. The molecule has 2 aromatic rings. The van der Waals surface area contributed by atoms with Crippen LogP contribution in [0.15, 0.2) is 30.3 Å². The first-order chi connectivity index (χ1) is 12.6. The monoisotopic (exact) mass is 396 g/mol. The Kier molecular flexibility index (Phi) is 6.05. The van der Waals surface area contributed by atoms with Crippen molar-refractivity contribution in [1.29, 1.82) is 0 Å². The summed E-state index contributed by atoms with van der Waals surface area (Å²) in [5.41, 5.74) is -0.390. The molecule has 0 saturated carbocycles. The topological polar surface area (TPSA) is 67.4 Å². The minimum absolute atomic E-state index is 0.0414. The van der Waals surface area contributed by atoms with Crippen molar-refractivity contribution in [2.75, 3.05) is 17.7 Å². The number of benzene rings is 2. The maximum Gasteiger partial charge on any atom is 0.239 e. The minimum atomic E-state index is -1.51. The summed E-state index contributed by atoms with van der Waals surface area (Å²) in [4.78, 5) is 25.2. The van der Waals surface area contributed by atoms with E-state index in [4.69, 9.17) is 16.3 Å². The molecule has 0 aliphatic carbocycles. The lowest BCUT2D eigenvalue weighted by molar-refractivity contribution is -0.135. The van der Waals surface area contributed by atoms with E-state index in [9.17, 15) is 18.4 Å². The summed E-state index contributed by atoms with van der Waals surface area (Å²) >= 11 is 6.04. The highest BCUT2D eigenvalue weighted by atomic mass is 35.5. The molecule has 0 bridgehead atoms. The van der Waals surface area contributed by atoms with Gasteiger partial charge in [0, 0.05) is 22.8 Å². The van der Waals surface area contributed by atoms with E-state index in [0.717, 1.165) is 17.7 Å². The molecule has 0 atom stereocenters. The molecule has 2 aromatic carbocycles. The van der Waals surface area contributed by atoms with Crippen molar-refractivity contribution in [3.05, 3.63) is 52.6 Å². The van der Waals surface area contributed by atoms with Gasteiger partial charge in [-0.2, -0.15) is 0 Å². The Hall–Kier alpha value is -2.67. The summed E-state index contributed by atoms with van der Waals surface area (Å²) in [6.07, 6.45) is 0. The standard InChI is InChI=1S/C19H19ClF2N2O3/c1-10-7-15(16(27-4)9-12(10)20)24-18(26)19(2,3)17(25)23-11-5-6-13(21)14(22)8-11/h5-9H,1-4H3,(H,23,25)(H,24,26). The molecule has 0 spiro atoms. The van der Waals surface area contributed by atoms with Gasteiger partial charge in [-0.3, -0.25) is 9.59 Å². The Morgan fingerprint density at radius 1 is 1.04 bits per heavy atom. The van der Waals surface area contributed by atoms with Crippen LogP contribution in [0.1, 0.15) is 19.4 Å². The largest absolute Gasteiger partial charge is 0.495 e. The van der Waals surface area contributed by atoms with Crippen LogP contribution >= 0.6 is 11.6 Å². The molecule has 0 fully saturated rings. The third kappa shape index (κ3) is 4.54. The number of ether oxygens (including phenoxy) is 1. The average Bonchev–Trinajstić information content (AvgIpc) is 2.60. The molecular formula is C19H19ClF2N2O3. The number of methoxy groups -OCH3 is 1. The maximum absolute atomic E-state index is 13.3. The number of carbonyl (C=O) groups is 2. The van der Waals surface area contributed by atoms with E-state index in [2.05, 4.69) is 10.6 Å². The first-order valence-electron chi connectivity index (χ1n) is 7.98. The van der Waals surface area contributed by atoms with E-state index in [1.54, 1.807) is 19.1 Å². The maximum atomic E-state index is 13.3. The Morgan fingerprint density at radius 2 is 1.67 bits per heavy atom. The molecule has 27 heavy (non-hydrogen) atoms. The normalized spacial score (nSPS) is 11.1. The summed E-state index contributed by atoms with van der Waals surface area (Å²) in [7, 11) is 1.43. The van der Waals surface area contributed by atoms with Crippen molar-refractivity contribution < 1.29 is 23.1 Å². The van der Waals surface area contributed by atoms with Gasteiger partial charge in [-0.25, -0.2) is 8.78 Å². The van der Waals surface area contributed by atoms with E-state index < -0.39 is 28.9 Å². The van der Waals surface area contributed by atoms with Crippen LogP contribution in [0.3, 0.4) is 0 Å². The number of hydrogen-bond acceptors (Lipinski definition) is 3. The van der Waals surface area contributed by atoms with Crippen molar-refractivity contribution in [1.82, 2.24) is 0 Å². The molecule has 0 aliphatic heterocycles. The molecular weight excluding hydrogens is 378 g/mol. The molecule has 2 rings (SSSR count). The van der Waals surface area contributed by atoms with E-state index in [1.165, 1.54) is 27.0 Å². The van der Waals surface area contributed by atoms with Gasteiger partial charge in [0.15, 0.2) is 11.6 Å². The number of carbonyl (C=O) groups excluding carboxylic acids is 2. The number of aryl methyl sites for hydroxylation is 1. The molecule has 0 heterocycles. The molecule has 0 unspecified atom stereocenters. The Labute approximate surface area is 160 Å². The Balaban J connectivity index is 2.20. The fraction of sp³-hybridized carbons (Fsp3) is 0.263. The van der Waals surface area contributed by atoms with E-state index in [1.807, 2.05) is 0 Å². The van der Waals surface area contributed by atoms with Crippen molar-refractivity contribution in [3.8, 4) is 5.75 Å². The van der Waals surface area contributed by atoms with Gasteiger partial charge in [-0.1, -0.05) is 11.6 Å². The lowest BCUT2D eigenvalue weighted by Crippen LogP contribution is -2.41. The predicted octanol–water partition coefficient (Wildman–Crippen LogP) is 4.54. The third-order valence-corrected chi connectivity index (χ3v) is 4.45. The van der Waals surface area contributed by atoms with Gasteiger partial charge in [-0.05, 0) is 44.5 Å². The van der Waals surface area contributed by atoms with Crippen LogP contribution in [-0.4, -0.2) is 18.9 Å². The van der Waals surface area contributed by atoms with Crippen LogP contribution in [0.2, 0.25) is 5.02 Å². The number of hydrogen-bond donors (Lipinski definition) is 2. The first kappa shape index (κ1) is 20.6. The molecule has 0 aromatic heterocycles. The van der Waals surface area contributed by atoms with Gasteiger partial charge < -0.3 is 15.4 Å². The predicted molar refractivity (Wildman–Crippen MR) is 100 cm³/mol. The summed E-state index contributed by atoms with van der Waals surface area (Å²) in [6.45, 7) is 4.58. The van der Waals surface area contributed by atoms with Crippen molar-refractivity contribution >= 4 is 34.8 Å². The Morgan fingerprint density at radius 3 is 2.26 bits per heavy atom. The van der Waals surface area contributed by atoms with Gasteiger partial charge in [0.1, 0.15) is 11.2 Å². The van der Waals surface area contributed by atoms with Crippen molar-refractivity contribution in [2.24, 2.45) is 5.41 Å². The average molecular weight is 397 g/mol. The highest BCUT2D eigenvalue weighted by Crippen LogP contribution is 2.32. The number of halogens is 3. The van der Waals surface area contributed by atoms with Gasteiger partial charge in [-0.15, -0.1) is 0 Å². The summed E-state index contributed by atoms with van der Waals surface area (Å²) in [5, 5.41) is 5.52. The van der Waals surface area contributed by atoms with Gasteiger partial charge in [0.2, 0.25) is 11.8 Å². The summed E-state index contributed by atoms with van der Waals surface area (Å²) < 4.78 is 31.5. The number of amides is 2. The smallest absolute Gasteiger partial charge is 0.239 e. The van der Waals surface area contributed by atoms with Gasteiger partial charge >= 0.3 is 0 Å². The molecule has 0 radical (unpaired) electrons. The lowest BCUT2D eigenvalue weighted by Gasteiger charge is -2.23. The first-order valence-corrected chi connectivity index (χ1v) is 8.36. The van der Waals surface area contributed by atoms with Gasteiger partial charge in [0.25, 0.3) is 0 Å². The van der Waals surface area contributed by atoms with Crippen molar-refractivity contribution in [3.63, 3.8) is 0 Å². The fourth-order valence-electron chi connectivity index (χ4n) is 2.17. The van der Waals surface area contributed by atoms with Crippen LogP contribution in [0.25, 0.3) is 0 Å². The second-order valence-electron chi connectivity index (χ2n) is 6.46. The van der Waals surface area contributed by atoms with E-state index in [0.29, 0.717) is 16.5 Å². The second-order valence-corrected chi connectivity index (χ2v) is 6.87. The minimum Gasteiger partial charge on any atom is -0.495 e. The molecule has 0 aliphatic rings. The fourth-order valence-corrected chi connectivity index (χ4v) is 2.33. The third-order valence-electron chi connectivity index (χ3n) is 4.04. The summed E-state index contributed by atoms with van der Waals surface area (Å²) in [5.74, 6) is -3.08. The van der Waals surface area contributed by atoms with Crippen LogP contribution in [0.5, 0.6) is 5.75 Å². The highest BCUT2D eigenvalue weighted by molar-refractivity contribution is 6.31. The molecule has 2 amide bonds. The zero-order valence-corrected chi connectivity index (χ0v) is 16.0. The van der Waals surface area contributed by atoms with Crippen LogP contribution < -0.4 is 15.4 Å². The van der Waals surface area contributed by atoms with E-state index >= 15 is 0 Å². The van der Waals surface area contributed by atoms with Crippen LogP contribution in [-0.2, 0) is 9.59 Å². The molecule has 5 nitrogen and oxygen atoms in total. The molecule has 144 valence electrons. The van der Waals surface area contributed by atoms with Crippen LogP contribution in [0.4, 0.5) is 20.2 Å². The number of nitrogens with one attached hydrogen (secondary N) is 2. The van der Waals surface area contributed by atoms with Crippen LogP contribution in [0, 0.1) is 24.0 Å². The molecule has 0 saturated heterocycles.